The van der Waals surface area contributed by atoms with Crippen LogP contribution in [0.15, 0.2) is 0 Å². The Morgan fingerprint density at radius 1 is 1.50 bits per heavy atom. The molecule has 1 saturated carbocycles. The Balaban J connectivity index is 2.06. The SMILES string of the molecule is CC1CCC(C#N)(C(O)C2CCCOC2)C1. The summed E-state index contributed by atoms with van der Waals surface area (Å²) in [4.78, 5) is 0. The maximum absolute atomic E-state index is 10.4. The van der Waals surface area contributed by atoms with Crippen LogP contribution in [0.3, 0.4) is 0 Å². The molecule has 0 bridgehead atoms. The summed E-state index contributed by atoms with van der Waals surface area (Å²) in [6, 6.07) is 2.40. The predicted octanol–water partition coefficient (Wildman–Crippen LogP) is 2.10. The molecule has 1 heterocycles. The lowest BCUT2D eigenvalue weighted by molar-refractivity contribution is -0.0514. The molecule has 1 N–H and O–H groups in total. The molecule has 1 saturated heterocycles. The van der Waals surface area contributed by atoms with E-state index in [0.717, 1.165) is 38.7 Å². The summed E-state index contributed by atoms with van der Waals surface area (Å²) in [6.45, 7) is 3.60. The lowest BCUT2D eigenvalue weighted by Gasteiger charge is -2.35. The van der Waals surface area contributed by atoms with Crippen molar-refractivity contribution in [2.24, 2.45) is 17.3 Å². The molecule has 16 heavy (non-hydrogen) atoms. The summed E-state index contributed by atoms with van der Waals surface area (Å²) in [5.41, 5.74) is -0.495. The van der Waals surface area contributed by atoms with Crippen LogP contribution in [0.5, 0.6) is 0 Å². The number of ether oxygens (including phenoxy) is 1. The third-order valence-corrected chi connectivity index (χ3v) is 4.23. The van der Waals surface area contributed by atoms with Crippen LogP contribution in [-0.2, 0) is 4.74 Å². The van der Waals surface area contributed by atoms with Crippen molar-refractivity contribution in [1.29, 1.82) is 5.26 Å². The fourth-order valence-electron chi connectivity index (χ4n) is 3.23. The standard InChI is InChI=1S/C13H21NO2/c1-10-4-5-13(7-10,9-14)12(15)11-3-2-6-16-8-11/h10-12,15H,2-8H2,1H3. The zero-order chi connectivity index (χ0) is 11.6. The van der Waals surface area contributed by atoms with Crippen LogP contribution >= 0.6 is 0 Å². The molecule has 2 fully saturated rings. The summed E-state index contributed by atoms with van der Waals surface area (Å²) in [7, 11) is 0. The van der Waals surface area contributed by atoms with Gasteiger partial charge in [0, 0.05) is 12.5 Å². The molecule has 0 aromatic heterocycles. The average Bonchev–Trinajstić information content (AvgIpc) is 2.72. The molecule has 4 atom stereocenters. The second kappa shape index (κ2) is 4.73. The largest absolute Gasteiger partial charge is 0.391 e. The highest BCUT2D eigenvalue weighted by molar-refractivity contribution is 5.09. The first kappa shape index (κ1) is 11.9. The third-order valence-electron chi connectivity index (χ3n) is 4.23. The van der Waals surface area contributed by atoms with E-state index in [9.17, 15) is 10.4 Å². The Kier molecular flexibility index (Phi) is 3.51. The average molecular weight is 223 g/mol. The van der Waals surface area contributed by atoms with Crippen molar-refractivity contribution < 1.29 is 9.84 Å². The molecule has 2 rings (SSSR count). The van der Waals surface area contributed by atoms with Gasteiger partial charge >= 0.3 is 0 Å². The Morgan fingerprint density at radius 2 is 2.31 bits per heavy atom. The molecule has 0 amide bonds. The van der Waals surface area contributed by atoms with E-state index in [1.165, 1.54) is 0 Å². The Hall–Kier alpha value is -0.590. The highest BCUT2D eigenvalue weighted by Gasteiger charge is 2.47. The maximum Gasteiger partial charge on any atom is 0.0838 e. The van der Waals surface area contributed by atoms with Gasteiger partial charge in [-0.25, -0.2) is 0 Å². The van der Waals surface area contributed by atoms with Crippen LogP contribution < -0.4 is 0 Å². The number of rotatable bonds is 2. The Morgan fingerprint density at radius 3 is 2.81 bits per heavy atom. The first-order valence-electron chi connectivity index (χ1n) is 6.35. The summed E-state index contributed by atoms with van der Waals surface area (Å²) in [5, 5.41) is 19.8. The molecule has 1 aliphatic heterocycles. The van der Waals surface area contributed by atoms with Gasteiger partial charge in [0.05, 0.1) is 24.2 Å². The number of aliphatic hydroxyl groups excluding tert-OH is 1. The molecule has 1 aliphatic carbocycles. The van der Waals surface area contributed by atoms with Crippen LogP contribution in [0.1, 0.15) is 39.0 Å². The van der Waals surface area contributed by atoms with Gasteiger partial charge in [0.1, 0.15) is 0 Å². The van der Waals surface area contributed by atoms with E-state index in [1.54, 1.807) is 0 Å². The van der Waals surface area contributed by atoms with E-state index in [-0.39, 0.29) is 5.92 Å². The number of nitriles is 1. The van der Waals surface area contributed by atoms with Gasteiger partial charge in [-0.05, 0) is 38.0 Å². The van der Waals surface area contributed by atoms with Crippen molar-refractivity contribution in [1.82, 2.24) is 0 Å². The minimum absolute atomic E-state index is 0.165. The van der Waals surface area contributed by atoms with Crippen molar-refractivity contribution in [2.75, 3.05) is 13.2 Å². The number of aliphatic hydroxyl groups is 1. The highest BCUT2D eigenvalue weighted by Crippen LogP contribution is 2.46. The van der Waals surface area contributed by atoms with Crippen LogP contribution in [0, 0.1) is 28.6 Å². The molecule has 0 radical (unpaired) electrons. The zero-order valence-corrected chi connectivity index (χ0v) is 9.98. The second-order valence-corrected chi connectivity index (χ2v) is 5.54. The molecule has 0 spiro atoms. The van der Waals surface area contributed by atoms with Crippen molar-refractivity contribution in [3.63, 3.8) is 0 Å². The Labute approximate surface area is 97.4 Å². The minimum atomic E-state index is -0.497. The van der Waals surface area contributed by atoms with Gasteiger partial charge in [-0.15, -0.1) is 0 Å². The number of hydrogen-bond acceptors (Lipinski definition) is 3. The first-order chi connectivity index (χ1) is 7.68. The summed E-state index contributed by atoms with van der Waals surface area (Å²) < 4.78 is 5.41. The molecule has 3 nitrogen and oxygen atoms in total. The summed E-state index contributed by atoms with van der Waals surface area (Å²) in [5.74, 6) is 0.734. The van der Waals surface area contributed by atoms with E-state index in [2.05, 4.69) is 13.0 Å². The summed E-state index contributed by atoms with van der Waals surface area (Å²) >= 11 is 0. The number of nitrogens with zero attached hydrogens (tertiary/aromatic N) is 1. The molecular formula is C13H21NO2. The summed E-state index contributed by atoms with van der Waals surface area (Å²) in [6.07, 6.45) is 4.28. The minimum Gasteiger partial charge on any atom is -0.391 e. The van der Waals surface area contributed by atoms with Gasteiger partial charge in [-0.3, -0.25) is 0 Å². The third kappa shape index (κ3) is 2.09. The van der Waals surface area contributed by atoms with Crippen LogP contribution in [-0.4, -0.2) is 24.4 Å². The van der Waals surface area contributed by atoms with Gasteiger partial charge in [0.25, 0.3) is 0 Å². The van der Waals surface area contributed by atoms with Crippen molar-refractivity contribution >= 4 is 0 Å². The molecule has 2 aliphatic rings. The first-order valence-corrected chi connectivity index (χ1v) is 6.35. The maximum atomic E-state index is 10.4. The van der Waals surface area contributed by atoms with E-state index in [1.807, 2.05) is 0 Å². The molecule has 3 heteroatoms. The molecule has 4 unspecified atom stereocenters. The fourth-order valence-corrected chi connectivity index (χ4v) is 3.23. The van der Waals surface area contributed by atoms with Crippen LogP contribution in [0.25, 0.3) is 0 Å². The smallest absolute Gasteiger partial charge is 0.0838 e. The van der Waals surface area contributed by atoms with Crippen molar-refractivity contribution in [3.05, 3.63) is 0 Å². The van der Waals surface area contributed by atoms with Crippen molar-refractivity contribution in [3.8, 4) is 6.07 Å². The van der Waals surface area contributed by atoms with E-state index in [0.29, 0.717) is 12.5 Å². The van der Waals surface area contributed by atoms with E-state index < -0.39 is 11.5 Å². The molecule has 90 valence electrons. The van der Waals surface area contributed by atoms with Gasteiger partial charge in [-0.1, -0.05) is 6.92 Å². The van der Waals surface area contributed by atoms with Gasteiger partial charge in [0.2, 0.25) is 0 Å². The van der Waals surface area contributed by atoms with Gasteiger partial charge in [-0.2, -0.15) is 5.26 Å². The lowest BCUT2D eigenvalue weighted by Crippen LogP contribution is -2.41. The molecule has 0 aromatic rings. The number of hydrogen-bond donors (Lipinski definition) is 1. The normalized spacial score (nSPS) is 41.6. The lowest BCUT2D eigenvalue weighted by atomic mass is 9.74. The highest BCUT2D eigenvalue weighted by atomic mass is 16.5. The van der Waals surface area contributed by atoms with Gasteiger partial charge in [0.15, 0.2) is 0 Å². The van der Waals surface area contributed by atoms with E-state index in [4.69, 9.17) is 4.74 Å². The second-order valence-electron chi connectivity index (χ2n) is 5.54. The van der Waals surface area contributed by atoms with Gasteiger partial charge < -0.3 is 9.84 Å². The monoisotopic (exact) mass is 223 g/mol. The fraction of sp³-hybridized carbons (Fsp3) is 0.923. The van der Waals surface area contributed by atoms with Crippen LogP contribution in [0.2, 0.25) is 0 Å². The topological polar surface area (TPSA) is 53.2 Å². The Bertz CT molecular complexity index is 280. The van der Waals surface area contributed by atoms with E-state index >= 15 is 0 Å². The quantitative estimate of drug-likeness (QED) is 0.780. The molecule has 0 aromatic carbocycles. The van der Waals surface area contributed by atoms with Crippen LogP contribution in [0.4, 0.5) is 0 Å². The zero-order valence-electron chi connectivity index (χ0n) is 9.98. The molecular weight excluding hydrogens is 202 g/mol. The predicted molar refractivity (Wildman–Crippen MR) is 60.6 cm³/mol. The van der Waals surface area contributed by atoms with Crippen molar-refractivity contribution in [2.45, 2.75) is 45.1 Å².